The van der Waals surface area contributed by atoms with Crippen LogP contribution in [0.3, 0.4) is 0 Å². The van der Waals surface area contributed by atoms with Crippen molar-refractivity contribution in [3.8, 4) is 0 Å². The van der Waals surface area contributed by atoms with Crippen molar-refractivity contribution in [2.75, 3.05) is 7.11 Å². The van der Waals surface area contributed by atoms with E-state index in [0.717, 1.165) is 5.56 Å². The molecule has 0 unspecified atom stereocenters. The summed E-state index contributed by atoms with van der Waals surface area (Å²) >= 11 is 0. The SMILES string of the molecule is COC(=O)[C@H](N)Cc1cccc(C(C)(C)C)c1. The number of hydrogen-bond acceptors (Lipinski definition) is 3. The van der Waals surface area contributed by atoms with E-state index in [-0.39, 0.29) is 11.4 Å². The average Bonchev–Trinajstić information content (AvgIpc) is 2.27. The molecule has 0 aliphatic heterocycles. The van der Waals surface area contributed by atoms with Crippen LogP contribution in [0.1, 0.15) is 31.9 Å². The third kappa shape index (κ3) is 3.86. The van der Waals surface area contributed by atoms with Crippen molar-refractivity contribution in [3.63, 3.8) is 0 Å². The molecule has 0 radical (unpaired) electrons. The highest BCUT2D eigenvalue weighted by Crippen LogP contribution is 2.23. The second-order valence-corrected chi connectivity index (χ2v) is 5.28. The van der Waals surface area contributed by atoms with E-state index >= 15 is 0 Å². The smallest absolute Gasteiger partial charge is 0.322 e. The zero-order chi connectivity index (χ0) is 13.1. The highest BCUT2D eigenvalue weighted by molar-refractivity contribution is 5.75. The van der Waals surface area contributed by atoms with E-state index in [4.69, 9.17) is 5.73 Å². The van der Waals surface area contributed by atoms with Crippen molar-refractivity contribution in [2.45, 2.75) is 38.6 Å². The molecule has 0 heterocycles. The lowest BCUT2D eigenvalue weighted by molar-refractivity contribution is -0.142. The van der Waals surface area contributed by atoms with Gasteiger partial charge in [0.25, 0.3) is 0 Å². The fourth-order valence-electron chi connectivity index (χ4n) is 1.65. The first-order valence-corrected chi connectivity index (χ1v) is 5.77. The van der Waals surface area contributed by atoms with E-state index in [1.165, 1.54) is 12.7 Å². The molecular formula is C14H21NO2. The van der Waals surface area contributed by atoms with Crippen LogP contribution in [0.4, 0.5) is 0 Å². The zero-order valence-corrected chi connectivity index (χ0v) is 11.0. The van der Waals surface area contributed by atoms with Crippen LogP contribution < -0.4 is 5.73 Å². The lowest BCUT2D eigenvalue weighted by atomic mass is 9.85. The monoisotopic (exact) mass is 235 g/mol. The molecule has 0 spiro atoms. The van der Waals surface area contributed by atoms with Crippen molar-refractivity contribution in [3.05, 3.63) is 35.4 Å². The van der Waals surface area contributed by atoms with E-state index in [0.29, 0.717) is 6.42 Å². The highest BCUT2D eigenvalue weighted by Gasteiger charge is 2.17. The summed E-state index contributed by atoms with van der Waals surface area (Å²) in [5, 5.41) is 0. The standard InChI is InChI=1S/C14H21NO2/c1-14(2,3)11-7-5-6-10(8-11)9-12(15)13(16)17-4/h5-8,12H,9,15H2,1-4H3/t12-/m1/s1. The van der Waals surface area contributed by atoms with Crippen LogP contribution in [-0.4, -0.2) is 19.1 Å². The molecule has 0 saturated heterocycles. The van der Waals surface area contributed by atoms with Crippen molar-refractivity contribution in [2.24, 2.45) is 5.73 Å². The summed E-state index contributed by atoms with van der Waals surface area (Å²) in [6.45, 7) is 6.48. The Labute approximate surface area is 103 Å². The number of rotatable bonds is 3. The Morgan fingerprint density at radius 2 is 2.06 bits per heavy atom. The first-order valence-electron chi connectivity index (χ1n) is 5.77. The summed E-state index contributed by atoms with van der Waals surface area (Å²) in [7, 11) is 1.35. The van der Waals surface area contributed by atoms with Crippen LogP contribution in [0, 0.1) is 0 Å². The molecule has 0 fully saturated rings. The summed E-state index contributed by atoms with van der Waals surface area (Å²) in [5.41, 5.74) is 8.15. The molecule has 0 amide bonds. The molecule has 0 aliphatic rings. The molecule has 3 nitrogen and oxygen atoms in total. The Balaban J connectivity index is 2.83. The Morgan fingerprint density at radius 3 is 2.59 bits per heavy atom. The second-order valence-electron chi connectivity index (χ2n) is 5.28. The molecule has 3 heteroatoms. The number of nitrogens with two attached hydrogens (primary N) is 1. The van der Waals surface area contributed by atoms with Gasteiger partial charge in [-0.15, -0.1) is 0 Å². The highest BCUT2D eigenvalue weighted by atomic mass is 16.5. The molecule has 94 valence electrons. The molecule has 1 aromatic carbocycles. The molecule has 0 aliphatic carbocycles. The van der Waals surface area contributed by atoms with Crippen molar-refractivity contribution >= 4 is 5.97 Å². The number of hydrogen-bond donors (Lipinski definition) is 1. The minimum atomic E-state index is -0.588. The van der Waals surface area contributed by atoms with Gasteiger partial charge >= 0.3 is 5.97 Å². The van der Waals surface area contributed by atoms with Gasteiger partial charge < -0.3 is 10.5 Å². The molecule has 0 aromatic heterocycles. The number of carbonyl (C=O) groups excluding carboxylic acids is 1. The van der Waals surface area contributed by atoms with Gasteiger partial charge in [0.1, 0.15) is 6.04 Å². The lowest BCUT2D eigenvalue weighted by Gasteiger charge is -2.20. The summed E-state index contributed by atoms with van der Waals surface area (Å²) in [6.07, 6.45) is 0.511. The lowest BCUT2D eigenvalue weighted by Crippen LogP contribution is -2.33. The molecule has 1 rings (SSSR count). The van der Waals surface area contributed by atoms with Gasteiger partial charge in [-0.05, 0) is 23.0 Å². The fraction of sp³-hybridized carbons (Fsp3) is 0.500. The van der Waals surface area contributed by atoms with E-state index in [9.17, 15) is 4.79 Å². The Kier molecular flexibility index (Phi) is 4.29. The summed E-state index contributed by atoms with van der Waals surface area (Å²) in [5.74, 6) is -0.369. The normalized spacial score (nSPS) is 13.2. The second kappa shape index (κ2) is 5.32. The zero-order valence-electron chi connectivity index (χ0n) is 11.0. The molecule has 1 atom stereocenters. The van der Waals surface area contributed by atoms with E-state index < -0.39 is 6.04 Å². The minimum Gasteiger partial charge on any atom is -0.468 e. The quantitative estimate of drug-likeness (QED) is 0.815. The van der Waals surface area contributed by atoms with Gasteiger partial charge in [0.05, 0.1) is 7.11 Å². The molecule has 1 aromatic rings. The van der Waals surface area contributed by atoms with Gasteiger partial charge in [0, 0.05) is 0 Å². The van der Waals surface area contributed by atoms with Gasteiger partial charge in [-0.1, -0.05) is 45.0 Å². The number of benzene rings is 1. The van der Waals surface area contributed by atoms with Crippen LogP contribution in [0.15, 0.2) is 24.3 Å². The Hall–Kier alpha value is -1.35. The maximum Gasteiger partial charge on any atom is 0.322 e. The Bertz CT molecular complexity index is 393. The summed E-state index contributed by atoms with van der Waals surface area (Å²) in [6, 6.07) is 7.59. The first kappa shape index (κ1) is 13.7. The third-order valence-corrected chi connectivity index (χ3v) is 2.75. The topological polar surface area (TPSA) is 52.3 Å². The largest absolute Gasteiger partial charge is 0.468 e. The first-order chi connectivity index (χ1) is 7.84. The maximum absolute atomic E-state index is 11.3. The van der Waals surface area contributed by atoms with Gasteiger partial charge in [-0.25, -0.2) is 0 Å². The van der Waals surface area contributed by atoms with Crippen molar-refractivity contribution in [1.29, 1.82) is 0 Å². The molecule has 0 saturated carbocycles. The van der Waals surface area contributed by atoms with Crippen LogP contribution in [0.25, 0.3) is 0 Å². The average molecular weight is 235 g/mol. The van der Waals surface area contributed by atoms with E-state index in [2.05, 4.69) is 37.6 Å². The van der Waals surface area contributed by atoms with Crippen LogP contribution >= 0.6 is 0 Å². The fourth-order valence-corrected chi connectivity index (χ4v) is 1.65. The number of methoxy groups -OCH3 is 1. The van der Waals surface area contributed by atoms with E-state index in [1.54, 1.807) is 0 Å². The summed E-state index contributed by atoms with van der Waals surface area (Å²) < 4.78 is 4.62. The minimum absolute atomic E-state index is 0.103. The van der Waals surface area contributed by atoms with Gasteiger partial charge in [0.2, 0.25) is 0 Å². The van der Waals surface area contributed by atoms with Gasteiger partial charge in [-0.2, -0.15) is 0 Å². The molecule has 17 heavy (non-hydrogen) atoms. The molecular weight excluding hydrogens is 214 g/mol. The van der Waals surface area contributed by atoms with Gasteiger partial charge in [-0.3, -0.25) is 4.79 Å². The van der Waals surface area contributed by atoms with Gasteiger partial charge in [0.15, 0.2) is 0 Å². The maximum atomic E-state index is 11.3. The molecule has 0 bridgehead atoms. The number of ether oxygens (including phenoxy) is 1. The van der Waals surface area contributed by atoms with Crippen LogP contribution in [-0.2, 0) is 21.4 Å². The third-order valence-electron chi connectivity index (χ3n) is 2.75. The predicted octanol–water partition coefficient (Wildman–Crippen LogP) is 2.03. The number of carbonyl (C=O) groups is 1. The van der Waals surface area contributed by atoms with Crippen LogP contribution in [0.5, 0.6) is 0 Å². The Morgan fingerprint density at radius 1 is 1.41 bits per heavy atom. The van der Waals surface area contributed by atoms with Crippen molar-refractivity contribution < 1.29 is 9.53 Å². The summed E-state index contributed by atoms with van der Waals surface area (Å²) in [4.78, 5) is 11.3. The number of esters is 1. The van der Waals surface area contributed by atoms with E-state index in [1.807, 2.05) is 12.1 Å². The van der Waals surface area contributed by atoms with Crippen LogP contribution in [0.2, 0.25) is 0 Å². The predicted molar refractivity (Wildman–Crippen MR) is 68.8 cm³/mol. The molecule has 2 N–H and O–H groups in total. The van der Waals surface area contributed by atoms with Crippen molar-refractivity contribution in [1.82, 2.24) is 0 Å².